The lowest BCUT2D eigenvalue weighted by atomic mass is 10.1. The van der Waals surface area contributed by atoms with Gasteiger partial charge in [-0.15, -0.1) is 0 Å². The quantitative estimate of drug-likeness (QED) is 0.766. The topological polar surface area (TPSA) is 63.1 Å². The summed E-state index contributed by atoms with van der Waals surface area (Å²) in [5.41, 5.74) is 1.86. The van der Waals surface area contributed by atoms with Gasteiger partial charge in [-0.1, -0.05) is 37.3 Å². The molecule has 1 heterocycles. The lowest BCUT2D eigenvalue weighted by Crippen LogP contribution is -2.32. The van der Waals surface area contributed by atoms with Gasteiger partial charge in [0.2, 0.25) is 0 Å². The first-order valence-corrected chi connectivity index (χ1v) is 7.85. The second-order valence-corrected chi connectivity index (χ2v) is 5.44. The van der Waals surface area contributed by atoms with Crippen molar-refractivity contribution in [2.75, 3.05) is 13.6 Å². The zero-order chi connectivity index (χ0) is 16.7. The van der Waals surface area contributed by atoms with Crippen LogP contribution in [0.1, 0.15) is 34.8 Å². The molecule has 23 heavy (non-hydrogen) atoms. The molecule has 5 nitrogen and oxygen atoms in total. The molecule has 0 saturated heterocycles. The van der Waals surface area contributed by atoms with Gasteiger partial charge >= 0.3 is 0 Å². The van der Waals surface area contributed by atoms with E-state index in [1.807, 2.05) is 36.5 Å². The molecule has 0 unspecified atom stereocenters. The predicted octanol–water partition coefficient (Wildman–Crippen LogP) is 1.76. The first-order valence-electron chi connectivity index (χ1n) is 7.85. The van der Waals surface area contributed by atoms with Crippen LogP contribution in [0.4, 0.5) is 0 Å². The maximum absolute atomic E-state index is 12.5. The summed E-state index contributed by atoms with van der Waals surface area (Å²) in [4.78, 5) is 24.5. The number of benzene rings is 1. The number of aromatic nitrogens is 1. The normalized spacial score (nSPS) is 10.5. The second-order valence-electron chi connectivity index (χ2n) is 5.44. The first kappa shape index (κ1) is 17.0. The molecule has 0 spiro atoms. The van der Waals surface area contributed by atoms with Gasteiger partial charge < -0.3 is 15.2 Å². The van der Waals surface area contributed by atoms with Gasteiger partial charge in [0, 0.05) is 19.8 Å². The number of hydrogen-bond donors (Lipinski definition) is 2. The maximum atomic E-state index is 12.5. The molecule has 5 heteroatoms. The van der Waals surface area contributed by atoms with Gasteiger partial charge in [0.15, 0.2) is 0 Å². The highest BCUT2D eigenvalue weighted by atomic mass is 16.2. The minimum absolute atomic E-state index is 0.180. The predicted molar refractivity (Wildman–Crippen MR) is 91.6 cm³/mol. The van der Waals surface area contributed by atoms with Crippen LogP contribution in [-0.4, -0.2) is 24.1 Å². The second kappa shape index (κ2) is 8.29. The molecule has 2 N–H and O–H groups in total. The summed E-state index contributed by atoms with van der Waals surface area (Å²) in [6, 6.07) is 11.4. The van der Waals surface area contributed by atoms with Gasteiger partial charge in [0.05, 0.1) is 6.54 Å². The molecule has 0 aliphatic carbocycles. The van der Waals surface area contributed by atoms with E-state index in [0.29, 0.717) is 13.1 Å². The maximum Gasteiger partial charge on any atom is 0.263 e. The third kappa shape index (κ3) is 4.53. The van der Waals surface area contributed by atoms with Crippen molar-refractivity contribution in [2.45, 2.75) is 26.4 Å². The number of carbonyl (C=O) groups is 1. The highest BCUT2D eigenvalue weighted by Crippen LogP contribution is 2.05. The number of rotatable bonds is 7. The Hall–Kier alpha value is -2.40. The monoisotopic (exact) mass is 313 g/mol. The van der Waals surface area contributed by atoms with Crippen LogP contribution in [0.3, 0.4) is 0 Å². The number of amides is 1. The number of nitrogens with zero attached hydrogens (tertiary/aromatic N) is 1. The molecule has 0 atom stereocenters. The summed E-state index contributed by atoms with van der Waals surface area (Å²) < 4.78 is 1.60. The Kier molecular flexibility index (Phi) is 6.11. The van der Waals surface area contributed by atoms with E-state index in [-0.39, 0.29) is 17.0 Å². The Morgan fingerprint density at radius 1 is 1.17 bits per heavy atom. The van der Waals surface area contributed by atoms with Crippen LogP contribution in [0.5, 0.6) is 0 Å². The van der Waals surface area contributed by atoms with Gasteiger partial charge in [0.25, 0.3) is 11.5 Å². The Morgan fingerprint density at radius 2 is 1.91 bits per heavy atom. The van der Waals surface area contributed by atoms with Crippen molar-refractivity contribution in [3.8, 4) is 0 Å². The standard InChI is InChI=1S/C18H23N3O2/c1-3-9-20-11-15-10-16(17(22)19-2)18(23)21(13-15)12-14-7-5-4-6-8-14/h4-8,10,13,20H,3,9,11-12H2,1-2H3,(H,19,22). The summed E-state index contributed by atoms with van der Waals surface area (Å²) in [5.74, 6) is -0.353. The van der Waals surface area contributed by atoms with Crippen LogP contribution in [0, 0.1) is 0 Å². The van der Waals surface area contributed by atoms with Crippen molar-refractivity contribution >= 4 is 5.91 Å². The molecule has 0 radical (unpaired) electrons. The van der Waals surface area contributed by atoms with Crippen molar-refractivity contribution in [1.29, 1.82) is 0 Å². The molecule has 0 aliphatic rings. The molecular formula is C18H23N3O2. The lowest BCUT2D eigenvalue weighted by molar-refractivity contribution is 0.0961. The smallest absolute Gasteiger partial charge is 0.263 e. The average molecular weight is 313 g/mol. The molecule has 2 rings (SSSR count). The van der Waals surface area contributed by atoms with Crippen LogP contribution < -0.4 is 16.2 Å². The van der Waals surface area contributed by atoms with Gasteiger partial charge in [-0.2, -0.15) is 0 Å². The van der Waals surface area contributed by atoms with Gasteiger partial charge in [-0.25, -0.2) is 0 Å². The number of pyridine rings is 1. The molecular weight excluding hydrogens is 290 g/mol. The van der Waals surface area contributed by atoms with Crippen LogP contribution in [0.15, 0.2) is 47.4 Å². The fourth-order valence-corrected chi connectivity index (χ4v) is 2.40. The number of carbonyl (C=O) groups excluding carboxylic acids is 1. The van der Waals surface area contributed by atoms with E-state index in [1.165, 1.54) is 7.05 Å². The summed E-state index contributed by atoms with van der Waals surface area (Å²) in [6.07, 6.45) is 2.86. The van der Waals surface area contributed by atoms with Crippen molar-refractivity contribution in [1.82, 2.24) is 15.2 Å². The first-order chi connectivity index (χ1) is 11.2. The van der Waals surface area contributed by atoms with Crippen molar-refractivity contribution in [2.24, 2.45) is 0 Å². The van der Waals surface area contributed by atoms with Gasteiger partial charge in [-0.3, -0.25) is 9.59 Å². The van der Waals surface area contributed by atoms with E-state index in [2.05, 4.69) is 17.6 Å². The van der Waals surface area contributed by atoms with E-state index >= 15 is 0 Å². The lowest BCUT2D eigenvalue weighted by Gasteiger charge is -2.12. The van der Waals surface area contributed by atoms with Crippen molar-refractivity contribution < 1.29 is 4.79 Å². The number of hydrogen-bond acceptors (Lipinski definition) is 3. The third-order valence-electron chi connectivity index (χ3n) is 3.57. The molecule has 0 bridgehead atoms. The molecule has 1 aromatic heterocycles. The van der Waals surface area contributed by atoms with E-state index in [1.54, 1.807) is 10.6 Å². The van der Waals surface area contributed by atoms with Gasteiger partial charge in [0.1, 0.15) is 5.56 Å². The average Bonchev–Trinajstić information content (AvgIpc) is 2.58. The molecule has 0 saturated carbocycles. The number of nitrogens with one attached hydrogen (secondary N) is 2. The fraction of sp³-hybridized carbons (Fsp3) is 0.333. The summed E-state index contributed by atoms with van der Waals surface area (Å²) in [5, 5.41) is 5.83. The minimum Gasteiger partial charge on any atom is -0.355 e. The van der Waals surface area contributed by atoms with E-state index in [0.717, 1.165) is 24.1 Å². The Balaban J connectivity index is 2.36. The Bertz CT molecular complexity index is 708. The van der Waals surface area contributed by atoms with Crippen molar-refractivity contribution in [3.63, 3.8) is 0 Å². The van der Waals surface area contributed by atoms with E-state index < -0.39 is 0 Å². The van der Waals surface area contributed by atoms with Gasteiger partial charge in [-0.05, 0) is 30.2 Å². The zero-order valence-electron chi connectivity index (χ0n) is 13.6. The highest BCUT2D eigenvalue weighted by Gasteiger charge is 2.13. The summed E-state index contributed by atoms with van der Waals surface area (Å²) in [6.45, 7) is 4.07. The molecule has 0 fully saturated rings. The minimum atomic E-state index is -0.353. The summed E-state index contributed by atoms with van der Waals surface area (Å²) >= 11 is 0. The van der Waals surface area contributed by atoms with Crippen LogP contribution >= 0.6 is 0 Å². The van der Waals surface area contributed by atoms with Crippen LogP contribution in [-0.2, 0) is 13.1 Å². The molecule has 122 valence electrons. The Labute approximate surface area is 136 Å². The zero-order valence-corrected chi connectivity index (χ0v) is 13.6. The van der Waals surface area contributed by atoms with E-state index in [9.17, 15) is 9.59 Å². The van der Waals surface area contributed by atoms with E-state index in [4.69, 9.17) is 0 Å². The molecule has 2 aromatic rings. The SMILES string of the molecule is CCCNCc1cc(C(=O)NC)c(=O)n(Cc2ccccc2)c1. The fourth-order valence-electron chi connectivity index (χ4n) is 2.40. The Morgan fingerprint density at radius 3 is 2.57 bits per heavy atom. The van der Waals surface area contributed by atoms with Crippen molar-refractivity contribution in [3.05, 3.63) is 69.6 Å². The third-order valence-corrected chi connectivity index (χ3v) is 3.57. The molecule has 1 aromatic carbocycles. The highest BCUT2D eigenvalue weighted by molar-refractivity contribution is 5.93. The molecule has 1 amide bonds. The van der Waals surface area contributed by atoms with Crippen LogP contribution in [0.25, 0.3) is 0 Å². The molecule has 0 aliphatic heterocycles. The summed E-state index contributed by atoms with van der Waals surface area (Å²) in [7, 11) is 1.53. The van der Waals surface area contributed by atoms with Crippen LogP contribution in [0.2, 0.25) is 0 Å². The largest absolute Gasteiger partial charge is 0.355 e.